The maximum Gasteiger partial charge on any atom is 0.261 e. The number of imide groups is 1. The molecule has 0 N–H and O–H groups in total. The van der Waals surface area contributed by atoms with Crippen LogP contribution in [-0.2, 0) is 0 Å². The van der Waals surface area contributed by atoms with Gasteiger partial charge in [-0.05, 0) is 57.5 Å². The summed E-state index contributed by atoms with van der Waals surface area (Å²) in [7, 11) is 0. The second kappa shape index (κ2) is 7.73. The lowest BCUT2D eigenvalue weighted by Crippen LogP contribution is -2.31. The first kappa shape index (κ1) is 16.2. The minimum Gasteiger partial charge on any atom is -0.303 e. The second-order valence-electron chi connectivity index (χ2n) is 6.62. The molecule has 2 heterocycles. The highest BCUT2D eigenvalue weighted by molar-refractivity contribution is 6.21. The zero-order valence-corrected chi connectivity index (χ0v) is 13.8. The van der Waals surface area contributed by atoms with Crippen LogP contribution < -0.4 is 0 Å². The van der Waals surface area contributed by atoms with Crippen LogP contribution in [0.25, 0.3) is 0 Å². The summed E-state index contributed by atoms with van der Waals surface area (Å²) in [6.07, 6.45) is 8.48. The van der Waals surface area contributed by atoms with E-state index in [2.05, 4.69) is 4.90 Å². The van der Waals surface area contributed by atoms with Crippen LogP contribution in [0.5, 0.6) is 0 Å². The largest absolute Gasteiger partial charge is 0.303 e. The molecule has 2 aliphatic heterocycles. The average molecular weight is 314 g/mol. The van der Waals surface area contributed by atoms with Crippen molar-refractivity contribution in [3.8, 4) is 0 Å². The molecule has 1 fully saturated rings. The quantitative estimate of drug-likeness (QED) is 0.572. The fourth-order valence-electron chi connectivity index (χ4n) is 3.58. The van der Waals surface area contributed by atoms with Crippen LogP contribution >= 0.6 is 0 Å². The summed E-state index contributed by atoms with van der Waals surface area (Å²) in [6.45, 7) is 4.27. The number of hydrogen-bond acceptors (Lipinski definition) is 3. The third-order valence-corrected chi connectivity index (χ3v) is 4.93. The van der Waals surface area contributed by atoms with E-state index >= 15 is 0 Å². The molecule has 1 aromatic rings. The molecule has 0 bridgehead atoms. The molecule has 124 valence electrons. The van der Waals surface area contributed by atoms with Crippen molar-refractivity contribution in [3.05, 3.63) is 35.4 Å². The first-order valence-corrected chi connectivity index (χ1v) is 8.95. The highest BCUT2D eigenvalue weighted by atomic mass is 16.2. The molecule has 0 unspecified atom stereocenters. The van der Waals surface area contributed by atoms with Crippen LogP contribution in [0.15, 0.2) is 24.3 Å². The third-order valence-electron chi connectivity index (χ3n) is 4.93. The highest BCUT2D eigenvalue weighted by Crippen LogP contribution is 2.22. The average Bonchev–Trinajstić information content (AvgIpc) is 2.84. The minimum atomic E-state index is -0.126. The van der Waals surface area contributed by atoms with Gasteiger partial charge in [-0.3, -0.25) is 14.5 Å². The molecule has 2 amide bonds. The Hall–Kier alpha value is -1.68. The molecule has 3 rings (SSSR count). The number of carbonyl (C=O) groups excluding carboxylic acids is 2. The highest BCUT2D eigenvalue weighted by Gasteiger charge is 2.34. The number of carbonyl (C=O) groups is 2. The van der Waals surface area contributed by atoms with Crippen molar-refractivity contribution in [2.45, 2.75) is 44.9 Å². The third kappa shape index (κ3) is 3.81. The van der Waals surface area contributed by atoms with Gasteiger partial charge in [0.2, 0.25) is 0 Å². The minimum absolute atomic E-state index is 0.126. The van der Waals surface area contributed by atoms with Gasteiger partial charge in [-0.1, -0.05) is 31.4 Å². The Morgan fingerprint density at radius 1 is 0.739 bits per heavy atom. The van der Waals surface area contributed by atoms with E-state index in [9.17, 15) is 9.59 Å². The molecular formula is C19H26N2O2. The predicted octanol–water partition coefficient (Wildman–Crippen LogP) is 3.33. The number of nitrogens with zero attached hydrogens (tertiary/aromatic N) is 2. The molecule has 1 saturated heterocycles. The summed E-state index contributed by atoms with van der Waals surface area (Å²) in [5.74, 6) is -0.252. The molecule has 0 atom stereocenters. The number of rotatable bonds is 7. The van der Waals surface area contributed by atoms with E-state index in [1.807, 2.05) is 12.1 Å². The molecule has 4 heteroatoms. The first-order chi connectivity index (χ1) is 11.3. The van der Waals surface area contributed by atoms with E-state index in [0.717, 1.165) is 12.8 Å². The predicted molar refractivity (Wildman–Crippen MR) is 90.6 cm³/mol. The smallest absolute Gasteiger partial charge is 0.261 e. The second-order valence-corrected chi connectivity index (χ2v) is 6.62. The van der Waals surface area contributed by atoms with Crippen LogP contribution in [0.4, 0.5) is 0 Å². The normalized spacial score (nSPS) is 18.5. The van der Waals surface area contributed by atoms with Gasteiger partial charge >= 0.3 is 0 Å². The monoisotopic (exact) mass is 314 g/mol. The van der Waals surface area contributed by atoms with Crippen LogP contribution in [0.3, 0.4) is 0 Å². The Morgan fingerprint density at radius 3 is 1.91 bits per heavy atom. The first-order valence-electron chi connectivity index (χ1n) is 8.95. The van der Waals surface area contributed by atoms with E-state index in [4.69, 9.17) is 0 Å². The summed E-state index contributed by atoms with van der Waals surface area (Å²) in [5, 5.41) is 0. The van der Waals surface area contributed by atoms with Gasteiger partial charge in [0, 0.05) is 6.54 Å². The molecule has 0 aromatic heterocycles. The van der Waals surface area contributed by atoms with Crippen LogP contribution in [-0.4, -0.2) is 47.8 Å². The summed E-state index contributed by atoms with van der Waals surface area (Å²) in [4.78, 5) is 28.4. The van der Waals surface area contributed by atoms with Crippen molar-refractivity contribution < 1.29 is 9.59 Å². The summed E-state index contributed by atoms with van der Waals surface area (Å²) < 4.78 is 0. The van der Waals surface area contributed by atoms with Crippen LogP contribution in [0.1, 0.15) is 65.7 Å². The Morgan fingerprint density at radius 2 is 1.30 bits per heavy atom. The number of amides is 2. The van der Waals surface area contributed by atoms with Gasteiger partial charge in [0.25, 0.3) is 11.8 Å². The molecule has 4 nitrogen and oxygen atoms in total. The number of fused-ring (bicyclic) bond motifs is 1. The summed E-state index contributed by atoms with van der Waals surface area (Å²) in [6, 6.07) is 7.12. The van der Waals surface area contributed by atoms with E-state index in [-0.39, 0.29) is 11.8 Å². The van der Waals surface area contributed by atoms with Crippen molar-refractivity contribution >= 4 is 11.8 Å². The fourth-order valence-corrected chi connectivity index (χ4v) is 3.58. The van der Waals surface area contributed by atoms with Crippen molar-refractivity contribution in [1.82, 2.24) is 9.80 Å². The molecule has 0 radical (unpaired) electrons. The lowest BCUT2D eigenvalue weighted by Gasteiger charge is -2.26. The van der Waals surface area contributed by atoms with Crippen LogP contribution in [0.2, 0.25) is 0 Å². The van der Waals surface area contributed by atoms with E-state index < -0.39 is 0 Å². The van der Waals surface area contributed by atoms with Gasteiger partial charge in [0.1, 0.15) is 0 Å². The molecule has 0 saturated carbocycles. The van der Waals surface area contributed by atoms with Gasteiger partial charge in [-0.25, -0.2) is 0 Å². The van der Waals surface area contributed by atoms with Gasteiger partial charge in [0.15, 0.2) is 0 Å². The number of hydrogen-bond donors (Lipinski definition) is 0. The lowest BCUT2D eigenvalue weighted by atomic mass is 10.1. The number of likely N-dealkylation sites (tertiary alicyclic amines) is 1. The molecule has 23 heavy (non-hydrogen) atoms. The maximum absolute atomic E-state index is 12.2. The Bertz CT molecular complexity index is 529. The van der Waals surface area contributed by atoms with E-state index in [1.165, 1.54) is 56.6 Å². The Kier molecular flexibility index (Phi) is 5.44. The van der Waals surface area contributed by atoms with Gasteiger partial charge in [-0.15, -0.1) is 0 Å². The maximum atomic E-state index is 12.2. The van der Waals surface area contributed by atoms with Crippen LogP contribution in [0, 0.1) is 0 Å². The van der Waals surface area contributed by atoms with E-state index in [0.29, 0.717) is 17.7 Å². The van der Waals surface area contributed by atoms with Crippen molar-refractivity contribution in [1.29, 1.82) is 0 Å². The topological polar surface area (TPSA) is 40.6 Å². The molecule has 0 aliphatic carbocycles. The van der Waals surface area contributed by atoms with Crippen molar-refractivity contribution in [2.75, 3.05) is 26.2 Å². The molecular weight excluding hydrogens is 288 g/mol. The van der Waals surface area contributed by atoms with Crippen molar-refractivity contribution in [2.24, 2.45) is 0 Å². The van der Waals surface area contributed by atoms with Crippen molar-refractivity contribution in [3.63, 3.8) is 0 Å². The van der Waals surface area contributed by atoms with Gasteiger partial charge in [0.05, 0.1) is 11.1 Å². The summed E-state index contributed by atoms with van der Waals surface area (Å²) in [5.41, 5.74) is 1.12. The Labute approximate surface area is 138 Å². The SMILES string of the molecule is O=C1c2ccccc2C(=O)N1CCCCCCN1CCCCC1. The Balaban J connectivity index is 1.35. The number of unbranched alkanes of at least 4 members (excludes halogenated alkanes) is 3. The lowest BCUT2D eigenvalue weighted by molar-refractivity contribution is 0.0651. The number of benzene rings is 1. The van der Waals surface area contributed by atoms with Gasteiger partial charge in [-0.2, -0.15) is 0 Å². The fraction of sp³-hybridized carbons (Fsp3) is 0.579. The standard InChI is InChI=1S/C19H26N2O2/c22-18-16-10-4-5-11-17(16)19(23)21(18)15-9-2-1-6-12-20-13-7-3-8-14-20/h4-5,10-11H,1-3,6-9,12-15H2. The van der Waals surface area contributed by atoms with Gasteiger partial charge < -0.3 is 4.90 Å². The summed E-state index contributed by atoms with van der Waals surface area (Å²) >= 11 is 0. The zero-order chi connectivity index (χ0) is 16.1. The molecule has 2 aliphatic rings. The van der Waals surface area contributed by atoms with E-state index in [1.54, 1.807) is 12.1 Å². The molecule has 1 aromatic carbocycles. The molecule has 0 spiro atoms. The zero-order valence-electron chi connectivity index (χ0n) is 13.8. The number of piperidine rings is 1.